The standard InChI is InChI=1S/C84H154NO8P/c1-6-8-10-12-14-16-18-20-22-24-26-28-30-32-34-36-38-39-40-41-42-43-44-45-47-48-50-52-54-56-58-60-62-64-66-68-70-72-74-76-83(86)90-80-82(81-92-94(88,89)91-79-78-85(3,4)5)93-84(87)77-75-73-71-69-67-65-63-61-59-57-55-53-51-49-46-37-35-33-31-29-27-25-23-21-19-17-15-13-11-9-7-2/h9,11,15,17-18,20-21,23-24,26-27,29,33,35,82H,6-8,10,12-14,16,19,22,25,28,30-32,34,36-81H2,1-5H3/p+1/b11-9-,17-15-,20-18-,23-21-,26-24-,29-27-,35-33-. The molecule has 2 unspecified atom stereocenters. The molecule has 10 heteroatoms. The highest BCUT2D eigenvalue weighted by molar-refractivity contribution is 7.47. The van der Waals surface area contributed by atoms with Crippen molar-refractivity contribution in [2.24, 2.45) is 0 Å². The smallest absolute Gasteiger partial charge is 0.462 e. The van der Waals surface area contributed by atoms with Crippen LogP contribution in [0, 0.1) is 0 Å². The molecular formula is C84H155NO8P+. The minimum atomic E-state index is -4.40. The normalized spacial score (nSPS) is 13.5. The number of hydrogen-bond donors (Lipinski definition) is 1. The molecule has 548 valence electrons. The fraction of sp³-hybridized carbons (Fsp3) is 0.810. The van der Waals surface area contributed by atoms with Crippen molar-refractivity contribution in [2.45, 2.75) is 392 Å². The van der Waals surface area contributed by atoms with Crippen molar-refractivity contribution in [1.29, 1.82) is 0 Å². The molecule has 0 aromatic rings. The number of unbranched alkanes of at least 4 members (excludes halogenated alkanes) is 47. The van der Waals surface area contributed by atoms with Gasteiger partial charge in [-0.3, -0.25) is 18.6 Å². The van der Waals surface area contributed by atoms with Gasteiger partial charge in [0.25, 0.3) is 0 Å². The maximum Gasteiger partial charge on any atom is 0.472 e. The van der Waals surface area contributed by atoms with Gasteiger partial charge in [-0.15, -0.1) is 0 Å². The van der Waals surface area contributed by atoms with Gasteiger partial charge in [-0.05, 0) is 89.9 Å². The molecular weight excluding hydrogens is 1180 g/mol. The van der Waals surface area contributed by atoms with Crippen LogP contribution in [0.15, 0.2) is 85.1 Å². The first kappa shape index (κ1) is 91.2. The Labute approximate surface area is 583 Å². The topological polar surface area (TPSA) is 108 Å². The fourth-order valence-corrected chi connectivity index (χ4v) is 12.5. The van der Waals surface area contributed by atoms with Crippen molar-refractivity contribution < 1.29 is 42.1 Å². The molecule has 0 bridgehead atoms. The Morgan fingerprint density at radius 3 is 0.904 bits per heavy atom. The third-order valence-electron chi connectivity index (χ3n) is 17.9. The van der Waals surface area contributed by atoms with Gasteiger partial charge < -0.3 is 18.9 Å². The summed E-state index contributed by atoms with van der Waals surface area (Å²) in [6, 6.07) is 0. The first-order chi connectivity index (χ1) is 46.0. The summed E-state index contributed by atoms with van der Waals surface area (Å²) in [6.07, 6.45) is 103. The number of carbonyl (C=O) groups is 2. The second-order valence-corrected chi connectivity index (χ2v) is 29.9. The molecule has 0 amide bonds. The van der Waals surface area contributed by atoms with Crippen LogP contribution in [0.3, 0.4) is 0 Å². The van der Waals surface area contributed by atoms with E-state index in [1.165, 1.54) is 283 Å². The summed E-state index contributed by atoms with van der Waals surface area (Å²) in [6.45, 7) is 4.37. The molecule has 94 heavy (non-hydrogen) atoms. The lowest BCUT2D eigenvalue weighted by Gasteiger charge is -2.24. The van der Waals surface area contributed by atoms with E-state index >= 15 is 0 Å². The first-order valence-electron chi connectivity index (χ1n) is 40.3. The number of hydrogen-bond acceptors (Lipinski definition) is 7. The van der Waals surface area contributed by atoms with Gasteiger partial charge in [-0.1, -0.05) is 369 Å². The van der Waals surface area contributed by atoms with Crippen molar-refractivity contribution >= 4 is 19.8 Å². The number of rotatable bonds is 75. The maximum atomic E-state index is 12.9. The quantitative estimate of drug-likeness (QED) is 0.0211. The van der Waals surface area contributed by atoms with Gasteiger partial charge in [-0.25, -0.2) is 4.57 Å². The Morgan fingerprint density at radius 2 is 0.606 bits per heavy atom. The molecule has 9 nitrogen and oxygen atoms in total. The third-order valence-corrected chi connectivity index (χ3v) is 18.9. The van der Waals surface area contributed by atoms with Gasteiger partial charge in [0.1, 0.15) is 19.8 Å². The Balaban J connectivity index is 3.91. The van der Waals surface area contributed by atoms with E-state index in [0.717, 1.165) is 70.6 Å². The zero-order valence-electron chi connectivity index (χ0n) is 62.7. The predicted octanol–water partition coefficient (Wildman–Crippen LogP) is 26.8. The molecule has 0 saturated carbocycles. The van der Waals surface area contributed by atoms with Crippen molar-refractivity contribution in [3.05, 3.63) is 85.1 Å². The summed E-state index contributed by atoms with van der Waals surface area (Å²) in [5, 5.41) is 0. The van der Waals surface area contributed by atoms with E-state index in [1.807, 2.05) is 21.1 Å². The van der Waals surface area contributed by atoms with E-state index < -0.39 is 26.5 Å². The van der Waals surface area contributed by atoms with Gasteiger partial charge in [0.2, 0.25) is 0 Å². The van der Waals surface area contributed by atoms with Gasteiger partial charge >= 0.3 is 19.8 Å². The Kier molecular flexibility index (Phi) is 72.2. The van der Waals surface area contributed by atoms with E-state index in [9.17, 15) is 19.0 Å². The molecule has 0 spiro atoms. The van der Waals surface area contributed by atoms with E-state index in [-0.39, 0.29) is 25.6 Å². The Morgan fingerprint density at radius 1 is 0.340 bits per heavy atom. The highest BCUT2D eigenvalue weighted by Crippen LogP contribution is 2.43. The second-order valence-electron chi connectivity index (χ2n) is 28.4. The van der Waals surface area contributed by atoms with Gasteiger partial charge in [0.15, 0.2) is 6.10 Å². The van der Waals surface area contributed by atoms with Crippen LogP contribution in [0.4, 0.5) is 0 Å². The summed E-state index contributed by atoms with van der Waals surface area (Å²) >= 11 is 0. The molecule has 0 aliphatic carbocycles. The van der Waals surface area contributed by atoms with E-state index in [0.29, 0.717) is 23.9 Å². The zero-order chi connectivity index (χ0) is 68.3. The van der Waals surface area contributed by atoms with Crippen molar-refractivity contribution in [3.63, 3.8) is 0 Å². The lowest BCUT2D eigenvalue weighted by atomic mass is 10.0. The number of phosphoric ester groups is 1. The molecule has 1 N–H and O–H groups in total. The second kappa shape index (κ2) is 74.4. The van der Waals surface area contributed by atoms with Crippen LogP contribution in [0.1, 0.15) is 386 Å². The average molecular weight is 1340 g/mol. The zero-order valence-corrected chi connectivity index (χ0v) is 63.6. The molecule has 0 saturated heterocycles. The van der Waals surface area contributed by atoms with Gasteiger partial charge in [-0.2, -0.15) is 0 Å². The Bertz CT molecular complexity index is 1860. The minimum absolute atomic E-state index is 0.0317. The van der Waals surface area contributed by atoms with Crippen LogP contribution in [0.5, 0.6) is 0 Å². The number of esters is 2. The molecule has 0 radical (unpaired) electrons. The predicted molar refractivity (Wildman–Crippen MR) is 409 cm³/mol. The SMILES string of the molecule is CC/C=C\C/C=C\C/C=C\C/C=C\C/C=C\CCCCCCCCCCCCCCCCCC(=O)OC(COC(=O)CCCCCCCCCCCCCCCCCCCCCCCCCCCCC/C=C\C/C=C\CCCCCCC)COP(=O)(O)OCC[N+](C)(C)C. The summed E-state index contributed by atoms with van der Waals surface area (Å²) in [5.41, 5.74) is 0. The highest BCUT2D eigenvalue weighted by Gasteiger charge is 2.27. The summed E-state index contributed by atoms with van der Waals surface area (Å²) in [4.78, 5) is 36.0. The molecule has 0 aliphatic rings. The molecule has 0 heterocycles. The number of nitrogens with zero attached hydrogens (tertiary/aromatic N) is 1. The van der Waals surface area contributed by atoms with Gasteiger partial charge in [0, 0.05) is 12.8 Å². The fourth-order valence-electron chi connectivity index (χ4n) is 11.8. The number of allylic oxidation sites excluding steroid dienone is 14. The number of likely N-dealkylation sites (N-methyl/N-ethyl adjacent to an activating group) is 1. The lowest BCUT2D eigenvalue weighted by molar-refractivity contribution is -0.870. The average Bonchev–Trinajstić information content (AvgIpc) is 1.66. The lowest BCUT2D eigenvalue weighted by Crippen LogP contribution is -2.37. The molecule has 0 aromatic carbocycles. The Hall–Kier alpha value is -2.81. The largest absolute Gasteiger partial charge is 0.472 e. The van der Waals surface area contributed by atoms with E-state index in [2.05, 4.69) is 98.9 Å². The van der Waals surface area contributed by atoms with Crippen LogP contribution in [-0.2, 0) is 32.7 Å². The summed E-state index contributed by atoms with van der Waals surface area (Å²) in [5.74, 6) is -0.780. The molecule has 0 aliphatic heterocycles. The molecule has 0 rings (SSSR count). The first-order valence-corrected chi connectivity index (χ1v) is 41.8. The molecule has 2 atom stereocenters. The summed E-state index contributed by atoms with van der Waals surface area (Å²) in [7, 11) is 1.49. The van der Waals surface area contributed by atoms with Crippen LogP contribution >= 0.6 is 7.82 Å². The van der Waals surface area contributed by atoms with Crippen LogP contribution in [0.2, 0.25) is 0 Å². The highest BCUT2D eigenvalue weighted by atomic mass is 31.2. The van der Waals surface area contributed by atoms with Crippen LogP contribution < -0.4 is 0 Å². The van der Waals surface area contributed by atoms with Crippen molar-refractivity contribution in [3.8, 4) is 0 Å². The number of carbonyl (C=O) groups excluding carboxylic acids is 2. The van der Waals surface area contributed by atoms with Crippen LogP contribution in [0.25, 0.3) is 0 Å². The van der Waals surface area contributed by atoms with Crippen LogP contribution in [-0.4, -0.2) is 74.9 Å². The number of phosphoric acid groups is 1. The van der Waals surface area contributed by atoms with E-state index in [4.69, 9.17) is 18.5 Å². The van der Waals surface area contributed by atoms with Gasteiger partial charge in [0.05, 0.1) is 27.7 Å². The van der Waals surface area contributed by atoms with Crippen molar-refractivity contribution in [1.82, 2.24) is 0 Å². The molecule has 0 fully saturated rings. The maximum absolute atomic E-state index is 12.9. The minimum Gasteiger partial charge on any atom is -0.462 e. The molecule has 0 aromatic heterocycles. The van der Waals surface area contributed by atoms with E-state index in [1.54, 1.807) is 0 Å². The number of ether oxygens (including phenoxy) is 2. The van der Waals surface area contributed by atoms with Crippen molar-refractivity contribution in [2.75, 3.05) is 47.5 Å². The monoisotopic (exact) mass is 1340 g/mol. The third kappa shape index (κ3) is 78.2. The number of quaternary nitrogens is 1. The summed E-state index contributed by atoms with van der Waals surface area (Å²) < 4.78 is 34.8.